The van der Waals surface area contributed by atoms with Crippen LogP contribution in [-0.4, -0.2) is 28.9 Å². The number of nitriles is 1. The second-order valence-corrected chi connectivity index (χ2v) is 9.83. The lowest BCUT2D eigenvalue weighted by Crippen LogP contribution is -2.66. The van der Waals surface area contributed by atoms with Crippen LogP contribution >= 0.6 is 11.8 Å². The Balaban J connectivity index is 2.73. The third kappa shape index (κ3) is 3.10. The molecule has 1 heterocycles. The van der Waals surface area contributed by atoms with Crippen molar-refractivity contribution < 1.29 is 31.1 Å². The Labute approximate surface area is 158 Å². The van der Waals surface area contributed by atoms with Gasteiger partial charge in [0, 0.05) is 5.75 Å². The maximum atomic E-state index is 13.8. The van der Waals surface area contributed by atoms with Crippen LogP contribution in [0.3, 0.4) is 0 Å². The molecule has 2 fully saturated rings. The molecule has 0 aromatic carbocycles. The van der Waals surface area contributed by atoms with Gasteiger partial charge in [0.15, 0.2) is 11.3 Å². The van der Waals surface area contributed by atoms with Crippen molar-refractivity contribution in [3.05, 3.63) is 0 Å². The summed E-state index contributed by atoms with van der Waals surface area (Å²) in [7, 11) is 0. The third-order valence-electron chi connectivity index (χ3n) is 6.11. The van der Waals surface area contributed by atoms with Gasteiger partial charge in [0.2, 0.25) is 5.91 Å². The van der Waals surface area contributed by atoms with Crippen molar-refractivity contribution in [2.24, 2.45) is 22.2 Å². The number of hydrogen-bond acceptors (Lipinski definition) is 3. The molecule has 2 rings (SSSR count). The van der Waals surface area contributed by atoms with E-state index >= 15 is 0 Å². The van der Waals surface area contributed by atoms with E-state index < -0.39 is 51.0 Å². The van der Waals surface area contributed by atoms with Crippen molar-refractivity contribution in [2.45, 2.75) is 64.2 Å². The summed E-state index contributed by atoms with van der Waals surface area (Å²) in [5.41, 5.74) is -5.36. The molecule has 3 nitrogen and oxygen atoms in total. The number of halogens is 6. The van der Waals surface area contributed by atoms with Gasteiger partial charge in [-0.1, -0.05) is 34.1 Å². The summed E-state index contributed by atoms with van der Waals surface area (Å²) >= 11 is 0.629. The number of thioether (sulfide) groups is 1. The van der Waals surface area contributed by atoms with Crippen LogP contribution < -0.4 is 5.32 Å². The van der Waals surface area contributed by atoms with Crippen LogP contribution in [0.5, 0.6) is 0 Å². The standard InChI is InChI=1S/C17H22F6N2OS/c1-12(2)6-5-7-13(3,4)16(12)25-11(26)10(15(18,19)20)14(8-24,9-27-16)17(21,22)23/h10H,5-7,9H2,1-4H3,(H,25,26). The van der Waals surface area contributed by atoms with E-state index in [4.69, 9.17) is 0 Å². The molecule has 0 aromatic heterocycles. The van der Waals surface area contributed by atoms with Gasteiger partial charge in [0.05, 0.1) is 10.9 Å². The molecule has 1 aliphatic heterocycles. The zero-order chi connectivity index (χ0) is 21.1. The van der Waals surface area contributed by atoms with Crippen LogP contribution in [0.2, 0.25) is 0 Å². The van der Waals surface area contributed by atoms with Gasteiger partial charge in [-0.3, -0.25) is 4.79 Å². The van der Waals surface area contributed by atoms with E-state index in [0.29, 0.717) is 24.6 Å². The topological polar surface area (TPSA) is 52.9 Å². The molecule has 0 aromatic rings. The number of rotatable bonds is 0. The van der Waals surface area contributed by atoms with Crippen LogP contribution in [0.15, 0.2) is 0 Å². The number of nitrogens with zero attached hydrogens (tertiary/aromatic N) is 1. The molecule has 1 aliphatic carbocycles. The molecule has 2 unspecified atom stereocenters. The Kier molecular flexibility index (Phi) is 5.09. The summed E-state index contributed by atoms with van der Waals surface area (Å²) in [6.07, 6.45) is -9.22. The van der Waals surface area contributed by atoms with E-state index in [1.807, 2.05) is 0 Å². The Hall–Kier alpha value is -1.11. The molecule has 2 atom stereocenters. The first-order valence-electron chi connectivity index (χ1n) is 8.48. The molecular weight excluding hydrogens is 394 g/mol. The number of alkyl halides is 6. The van der Waals surface area contributed by atoms with Gasteiger partial charge in [-0.15, -0.1) is 11.8 Å². The molecule has 0 bridgehead atoms. The average molecular weight is 416 g/mol. The Bertz CT molecular complexity index is 648. The predicted molar refractivity (Wildman–Crippen MR) is 88.4 cm³/mol. The maximum Gasteiger partial charge on any atom is 0.409 e. The first-order valence-corrected chi connectivity index (χ1v) is 9.47. The molecular formula is C17H22F6N2OS. The lowest BCUT2D eigenvalue weighted by molar-refractivity contribution is -0.266. The summed E-state index contributed by atoms with van der Waals surface area (Å²) in [5.74, 6) is -6.42. The zero-order valence-electron chi connectivity index (χ0n) is 15.4. The fraction of sp³-hybridized carbons (Fsp3) is 0.882. The monoisotopic (exact) mass is 416 g/mol. The lowest BCUT2D eigenvalue weighted by Gasteiger charge is -2.59. The van der Waals surface area contributed by atoms with Crippen LogP contribution in [0, 0.1) is 33.5 Å². The van der Waals surface area contributed by atoms with Crippen LogP contribution in [0.4, 0.5) is 26.3 Å². The Morgan fingerprint density at radius 3 is 1.93 bits per heavy atom. The SMILES string of the molecule is CC1(C)CCCC(C)(C)C12NC(=O)C(C(F)(F)F)C(C#N)(C(F)(F)F)CS2. The summed E-state index contributed by atoms with van der Waals surface area (Å²) in [5, 5.41) is 11.6. The molecule has 1 amide bonds. The molecule has 1 spiro atoms. The van der Waals surface area contributed by atoms with E-state index in [0.717, 1.165) is 12.5 Å². The van der Waals surface area contributed by atoms with Gasteiger partial charge in [-0.25, -0.2) is 0 Å². The molecule has 27 heavy (non-hydrogen) atoms. The number of amides is 1. The third-order valence-corrected chi connectivity index (χ3v) is 8.35. The van der Waals surface area contributed by atoms with E-state index in [9.17, 15) is 36.4 Å². The fourth-order valence-electron chi connectivity index (χ4n) is 4.61. The largest absolute Gasteiger partial charge is 0.409 e. The van der Waals surface area contributed by atoms with Crippen molar-refractivity contribution >= 4 is 17.7 Å². The predicted octanol–water partition coefficient (Wildman–Crippen LogP) is 5.03. The highest BCUT2D eigenvalue weighted by Crippen LogP contribution is 2.64. The van der Waals surface area contributed by atoms with E-state index in [1.54, 1.807) is 27.7 Å². The minimum atomic E-state index is -5.51. The number of nitrogens with one attached hydrogen (secondary N) is 1. The molecule has 154 valence electrons. The highest BCUT2D eigenvalue weighted by molar-refractivity contribution is 8.00. The fourth-order valence-corrected chi connectivity index (χ4v) is 6.61. The van der Waals surface area contributed by atoms with Gasteiger partial charge in [0.25, 0.3) is 0 Å². The van der Waals surface area contributed by atoms with Crippen molar-refractivity contribution in [3.8, 4) is 6.07 Å². The van der Waals surface area contributed by atoms with Crippen LogP contribution in [-0.2, 0) is 4.79 Å². The molecule has 10 heteroatoms. The van der Waals surface area contributed by atoms with Crippen molar-refractivity contribution in [1.82, 2.24) is 5.32 Å². The van der Waals surface area contributed by atoms with Gasteiger partial charge in [-0.05, 0) is 23.7 Å². The molecule has 1 saturated heterocycles. The number of carbonyl (C=O) groups excluding carboxylic acids is 1. The minimum absolute atomic E-state index is 0.534. The van der Waals surface area contributed by atoms with E-state index in [1.165, 1.54) is 0 Å². The Morgan fingerprint density at radius 1 is 1.07 bits per heavy atom. The van der Waals surface area contributed by atoms with Crippen molar-refractivity contribution in [2.75, 3.05) is 5.75 Å². The van der Waals surface area contributed by atoms with E-state index in [-0.39, 0.29) is 0 Å². The van der Waals surface area contributed by atoms with Gasteiger partial charge in [-0.2, -0.15) is 31.6 Å². The van der Waals surface area contributed by atoms with Crippen molar-refractivity contribution in [3.63, 3.8) is 0 Å². The highest BCUT2D eigenvalue weighted by atomic mass is 32.2. The van der Waals surface area contributed by atoms with Crippen LogP contribution in [0.25, 0.3) is 0 Å². The van der Waals surface area contributed by atoms with Crippen LogP contribution in [0.1, 0.15) is 47.0 Å². The first kappa shape index (κ1) is 22.2. The summed E-state index contributed by atoms with van der Waals surface area (Å²) in [6, 6.07) is 0.834. The second-order valence-electron chi connectivity index (χ2n) is 8.64. The number of carbonyl (C=O) groups is 1. The second kappa shape index (κ2) is 6.19. The van der Waals surface area contributed by atoms with Crippen molar-refractivity contribution in [1.29, 1.82) is 5.26 Å². The lowest BCUT2D eigenvalue weighted by atomic mass is 9.60. The highest BCUT2D eigenvalue weighted by Gasteiger charge is 2.74. The maximum absolute atomic E-state index is 13.8. The summed E-state index contributed by atoms with van der Waals surface area (Å²) in [4.78, 5) is 11.3. The molecule has 2 aliphatic rings. The summed E-state index contributed by atoms with van der Waals surface area (Å²) in [6.45, 7) is 6.93. The molecule has 1 N–H and O–H groups in total. The minimum Gasteiger partial charge on any atom is -0.340 e. The molecule has 0 radical (unpaired) electrons. The van der Waals surface area contributed by atoms with Gasteiger partial charge in [0.1, 0.15) is 0 Å². The normalized spacial score (nSPS) is 33.1. The van der Waals surface area contributed by atoms with Gasteiger partial charge < -0.3 is 5.32 Å². The van der Waals surface area contributed by atoms with E-state index in [2.05, 4.69) is 5.32 Å². The van der Waals surface area contributed by atoms with Gasteiger partial charge >= 0.3 is 12.4 Å². The average Bonchev–Trinajstić information content (AvgIpc) is 2.59. The smallest absolute Gasteiger partial charge is 0.340 e. The zero-order valence-corrected chi connectivity index (χ0v) is 16.3. The Morgan fingerprint density at radius 2 is 1.56 bits per heavy atom. The number of hydrogen-bond donors (Lipinski definition) is 1. The quantitative estimate of drug-likeness (QED) is 0.564. The molecule has 1 saturated carbocycles. The first-order chi connectivity index (χ1) is 12.0. The summed E-state index contributed by atoms with van der Waals surface area (Å²) < 4.78 is 82.1.